The van der Waals surface area contributed by atoms with Crippen LogP contribution in [0.3, 0.4) is 0 Å². The molecule has 0 saturated carbocycles. The second-order valence-electron chi connectivity index (χ2n) is 5.62. The SMILES string of the molecule is O=C(NCCN1CCOCC1)c1ccc(Nc2ccccc2Cl)nn1. The Morgan fingerprint density at radius 2 is 1.96 bits per heavy atom. The van der Waals surface area contributed by atoms with Crippen molar-refractivity contribution in [2.45, 2.75) is 0 Å². The van der Waals surface area contributed by atoms with Gasteiger partial charge >= 0.3 is 0 Å². The third-order valence-corrected chi connectivity index (χ3v) is 4.18. The number of para-hydroxylation sites is 1. The molecule has 1 aliphatic heterocycles. The van der Waals surface area contributed by atoms with E-state index in [1.807, 2.05) is 18.2 Å². The summed E-state index contributed by atoms with van der Waals surface area (Å²) in [5, 5.41) is 14.5. The van der Waals surface area contributed by atoms with E-state index in [1.165, 1.54) is 0 Å². The fourth-order valence-electron chi connectivity index (χ4n) is 2.46. The van der Waals surface area contributed by atoms with E-state index in [0.717, 1.165) is 38.5 Å². The molecule has 8 heteroatoms. The summed E-state index contributed by atoms with van der Waals surface area (Å²) in [5.41, 5.74) is 1.02. The third-order valence-electron chi connectivity index (χ3n) is 3.85. The highest BCUT2D eigenvalue weighted by Crippen LogP contribution is 2.23. The fourth-order valence-corrected chi connectivity index (χ4v) is 2.65. The van der Waals surface area contributed by atoms with Crippen LogP contribution in [0.4, 0.5) is 11.5 Å². The molecule has 0 unspecified atom stereocenters. The Labute approximate surface area is 151 Å². The normalized spacial score (nSPS) is 14.9. The number of morpholine rings is 1. The Hall–Kier alpha value is -2.22. The van der Waals surface area contributed by atoms with Crippen LogP contribution in [0.5, 0.6) is 0 Å². The van der Waals surface area contributed by atoms with Crippen molar-refractivity contribution < 1.29 is 9.53 Å². The number of halogens is 1. The smallest absolute Gasteiger partial charge is 0.271 e. The molecule has 0 bridgehead atoms. The van der Waals surface area contributed by atoms with Crippen LogP contribution in [0.1, 0.15) is 10.5 Å². The second-order valence-corrected chi connectivity index (χ2v) is 6.03. The number of aromatic nitrogens is 2. The summed E-state index contributed by atoms with van der Waals surface area (Å²) in [6.07, 6.45) is 0. The largest absolute Gasteiger partial charge is 0.379 e. The number of hydrogen-bond acceptors (Lipinski definition) is 6. The minimum absolute atomic E-state index is 0.231. The van der Waals surface area contributed by atoms with Gasteiger partial charge in [0.25, 0.3) is 5.91 Å². The van der Waals surface area contributed by atoms with Gasteiger partial charge in [0.2, 0.25) is 0 Å². The first kappa shape index (κ1) is 17.6. The van der Waals surface area contributed by atoms with E-state index < -0.39 is 0 Å². The molecule has 132 valence electrons. The predicted octanol–water partition coefficient (Wildman–Crippen LogP) is 1.94. The maximum atomic E-state index is 12.1. The van der Waals surface area contributed by atoms with Gasteiger partial charge in [-0.25, -0.2) is 0 Å². The molecule has 0 aliphatic carbocycles. The fraction of sp³-hybridized carbons (Fsp3) is 0.353. The lowest BCUT2D eigenvalue weighted by molar-refractivity contribution is 0.0383. The highest BCUT2D eigenvalue weighted by atomic mass is 35.5. The first-order chi connectivity index (χ1) is 12.2. The Bertz CT molecular complexity index is 704. The molecule has 0 atom stereocenters. The minimum atomic E-state index is -0.231. The quantitative estimate of drug-likeness (QED) is 0.818. The number of ether oxygens (including phenoxy) is 1. The highest BCUT2D eigenvalue weighted by molar-refractivity contribution is 6.33. The summed E-state index contributed by atoms with van der Waals surface area (Å²) >= 11 is 6.09. The van der Waals surface area contributed by atoms with Gasteiger partial charge in [-0.05, 0) is 24.3 Å². The number of anilines is 2. The molecule has 1 saturated heterocycles. The molecule has 2 N–H and O–H groups in total. The summed E-state index contributed by atoms with van der Waals surface area (Å²) in [4.78, 5) is 14.4. The molecule has 1 aromatic heterocycles. The maximum Gasteiger partial charge on any atom is 0.271 e. The highest BCUT2D eigenvalue weighted by Gasteiger charge is 2.12. The van der Waals surface area contributed by atoms with Gasteiger partial charge in [-0.1, -0.05) is 23.7 Å². The Morgan fingerprint density at radius 3 is 2.68 bits per heavy atom. The zero-order valence-electron chi connectivity index (χ0n) is 13.7. The van der Waals surface area contributed by atoms with Crippen molar-refractivity contribution in [1.82, 2.24) is 20.4 Å². The molecule has 1 amide bonds. The van der Waals surface area contributed by atoms with Crippen LogP contribution < -0.4 is 10.6 Å². The number of benzene rings is 1. The summed E-state index contributed by atoms with van der Waals surface area (Å²) in [7, 11) is 0. The lowest BCUT2D eigenvalue weighted by Crippen LogP contribution is -2.41. The van der Waals surface area contributed by atoms with Crippen LogP contribution in [0, 0.1) is 0 Å². The zero-order chi connectivity index (χ0) is 17.5. The molecule has 25 heavy (non-hydrogen) atoms. The van der Waals surface area contributed by atoms with Gasteiger partial charge in [0, 0.05) is 26.2 Å². The molecule has 0 spiro atoms. The molecule has 2 aromatic rings. The van der Waals surface area contributed by atoms with Gasteiger partial charge in [-0.2, -0.15) is 0 Å². The van der Waals surface area contributed by atoms with Crippen molar-refractivity contribution in [3.63, 3.8) is 0 Å². The van der Waals surface area contributed by atoms with E-state index in [2.05, 4.69) is 25.7 Å². The van der Waals surface area contributed by atoms with Gasteiger partial charge in [0.1, 0.15) is 0 Å². The van der Waals surface area contributed by atoms with Crippen LogP contribution >= 0.6 is 11.6 Å². The van der Waals surface area contributed by atoms with E-state index >= 15 is 0 Å². The second kappa shape index (κ2) is 8.75. The number of nitrogens with one attached hydrogen (secondary N) is 2. The van der Waals surface area contributed by atoms with Crippen molar-refractivity contribution in [2.75, 3.05) is 44.7 Å². The number of rotatable bonds is 6. The van der Waals surface area contributed by atoms with Crippen molar-refractivity contribution in [2.24, 2.45) is 0 Å². The monoisotopic (exact) mass is 361 g/mol. The summed E-state index contributed by atoms with van der Waals surface area (Å²) in [5.74, 6) is 0.294. The standard InChI is InChI=1S/C17H20ClN5O2/c18-13-3-1-2-4-14(13)20-16-6-5-15(21-22-16)17(24)19-7-8-23-9-11-25-12-10-23/h1-6H,7-12H2,(H,19,24)(H,20,22). The molecule has 1 aromatic carbocycles. The van der Waals surface area contributed by atoms with Crippen molar-refractivity contribution in [1.29, 1.82) is 0 Å². The van der Waals surface area contributed by atoms with E-state index in [-0.39, 0.29) is 11.6 Å². The number of carbonyl (C=O) groups is 1. The molecule has 3 rings (SSSR count). The number of nitrogens with zero attached hydrogens (tertiary/aromatic N) is 3. The molecular formula is C17H20ClN5O2. The van der Waals surface area contributed by atoms with Crippen LogP contribution in [-0.2, 0) is 4.74 Å². The van der Waals surface area contributed by atoms with Gasteiger partial charge in [-0.3, -0.25) is 9.69 Å². The topological polar surface area (TPSA) is 79.4 Å². The van der Waals surface area contributed by atoms with Gasteiger partial charge < -0.3 is 15.4 Å². The molecule has 7 nitrogen and oxygen atoms in total. The lowest BCUT2D eigenvalue weighted by atomic mass is 10.3. The summed E-state index contributed by atoms with van der Waals surface area (Å²) in [6, 6.07) is 10.7. The third kappa shape index (κ3) is 5.12. The molecule has 1 fully saturated rings. The number of hydrogen-bond donors (Lipinski definition) is 2. The Kier molecular flexibility index (Phi) is 6.16. The number of amides is 1. The Morgan fingerprint density at radius 1 is 1.16 bits per heavy atom. The first-order valence-corrected chi connectivity index (χ1v) is 8.54. The van der Waals surface area contributed by atoms with Crippen LogP contribution in [0.25, 0.3) is 0 Å². The van der Waals surface area contributed by atoms with E-state index in [9.17, 15) is 4.79 Å². The Balaban J connectivity index is 1.49. The predicted molar refractivity (Wildman–Crippen MR) is 96.4 cm³/mol. The average molecular weight is 362 g/mol. The van der Waals surface area contributed by atoms with Crippen molar-refractivity contribution in [3.8, 4) is 0 Å². The van der Waals surface area contributed by atoms with E-state index in [1.54, 1.807) is 18.2 Å². The van der Waals surface area contributed by atoms with Crippen LogP contribution in [0.2, 0.25) is 5.02 Å². The molecule has 1 aliphatic rings. The summed E-state index contributed by atoms with van der Waals surface area (Å²) < 4.78 is 5.30. The van der Waals surface area contributed by atoms with Crippen molar-refractivity contribution >= 4 is 29.0 Å². The minimum Gasteiger partial charge on any atom is -0.379 e. The van der Waals surface area contributed by atoms with E-state index in [0.29, 0.717) is 17.4 Å². The molecule has 2 heterocycles. The average Bonchev–Trinajstić information content (AvgIpc) is 2.65. The van der Waals surface area contributed by atoms with Gasteiger partial charge in [0.05, 0.1) is 23.9 Å². The lowest BCUT2D eigenvalue weighted by Gasteiger charge is -2.26. The van der Waals surface area contributed by atoms with Gasteiger partial charge in [-0.15, -0.1) is 10.2 Å². The molecule has 0 radical (unpaired) electrons. The van der Waals surface area contributed by atoms with Gasteiger partial charge in [0.15, 0.2) is 11.5 Å². The summed E-state index contributed by atoms with van der Waals surface area (Å²) in [6.45, 7) is 4.67. The van der Waals surface area contributed by atoms with Crippen LogP contribution in [-0.4, -0.2) is 60.4 Å². The van der Waals surface area contributed by atoms with Crippen molar-refractivity contribution in [3.05, 3.63) is 47.1 Å². The molecular weight excluding hydrogens is 342 g/mol. The first-order valence-electron chi connectivity index (χ1n) is 8.16. The zero-order valence-corrected chi connectivity index (χ0v) is 14.5. The number of carbonyl (C=O) groups excluding carboxylic acids is 1. The van der Waals surface area contributed by atoms with E-state index in [4.69, 9.17) is 16.3 Å². The van der Waals surface area contributed by atoms with Crippen LogP contribution in [0.15, 0.2) is 36.4 Å². The maximum absolute atomic E-state index is 12.1.